The van der Waals surface area contributed by atoms with Gasteiger partial charge >= 0.3 is 0 Å². The summed E-state index contributed by atoms with van der Waals surface area (Å²) < 4.78 is 0. The van der Waals surface area contributed by atoms with E-state index in [0.717, 1.165) is 5.56 Å². The molecule has 0 saturated heterocycles. The lowest BCUT2D eigenvalue weighted by Gasteiger charge is -2.13. The summed E-state index contributed by atoms with van der Waals surface area (Å²) in [6, 6.07) is 5.27. The number of benzene rings is 1. The molecule has 0 aliphatic heterocycles. The number of nitrogen functional groups attached to an aromatic ring is 1. The van der Waals surface area contributed by atoms with Crippen molar-refractivity contribution in [2.24, 2.45) is 0 Å². The summed E-state index contributed by atoms with van der Waals surface area (Å²) in [6.07, 6.45) is 5.70. The zero-order valence-corrected chi connectivity index (χ0v) is 9.58. The van der Waals surface area contributed by atoms with Gasteiger partial charge in [-0.15, -0.1) is 12.3 Å². The average molecular weight is 216 g/mol. The van der Waals surface area contributed by atoms with Crippen LogP contribution in [0.4, 0.5) is 5.69 Å². The predicted molar refractivity (Wildman–Crippen MR) is 66.0 cm³/mol. The molecule has 0 aliphatic rings. The highest BCUT2D eigenvalue weighted by atomic mass is 16.1. The van der Waals surface area contributed by atoms with Gasteiger partial charge in [0.15, 0.2) is 0 Å². The normalized spacial score (nSPS) is 11.6. The average Bonchev–Trinajstić information content (AvgIpc) is 2.22. The van der Waals surface area contributed by atoms with Gasteiger partial charge in [-0.05, 0) is 31.5 Å². The molecule has 1 amide bonds. The van der Waals surface area contributed by atoms with Crippen LogP contribution in [-0.4, -0.2) is 11.9 Å². The monoisotopic (exact) mass is 216 g/mol. The van der Waals surface area contributed by atoms with Crippen LogP contribution in [0, 0.1) is 19.3 Å². The zero-order chi connectivity index (χ0) is 12.1. The second kappa shape index (κ2) is 5.22. The first-order chi connectivity index (χ1) is 7.56. The van der Waals surface area contributed by atoms with Crippen molar-refractivity contribution in [3.63, 3.8) is 0 Å². The molecule has 3 heteroatoms. The first-order valence-corrected chi connectivity index (χ1v) is 5.15. The van der Waals surface area contributed by atoms with Crippen molar-refractivity contribution in [2.45, 2.75) is 26.3 Å². The molecular formula is C13H16N2O. The van der Waals surface area contributed by atoms with Crippen molar-refractivity contribution >= 4 is 11.6 Å². The van der Waals surface area contributed by atoms with Crippen LogP contribution < -0.4 is 11.1 Å². The van der Waals surface area contributed by atoms with Gasteiger partial charge in [-0.2, -0.15) is 0 Å². The Labute approximate surface area is 96.0 Å². The van der Waals surface area contributed by atoms with Crippen LogP contribution in [0.25, 0.3) is 0 Å². The van der Waals surface area contributed by atoms with E-state index >= 15 is 0 Å². The minimum Gasteiger partial charge on any atom is -0.398 e. The Morgan fingerprint density at radius 3 is 2.94 bits per heavy atom. The predicted octanol–water partition coefficient (Wildman–Crippen LogP) is 1.72. The number of nitrogens with two attached hydrogens (primary N) is 1. The summed E-state index contributed by atoms with van der Waals surface area (Å²) in [4.78, 5) is 11.9. The van der Waals surface area contributed by atoms with E-state index in [2.05, 4.69) is 11.2 Å². The fourth-order valence-electron chi connectivity index (χ4n) is 1.43. The van der Waals surface area contributed by atoms with Gasteiger partial charge in [-0.1, -0.05) is 6.07 Å². The second-order valence-corrected chi connectivity index (χ2v) is 3.80. The van der Waals surface area contributed by atoms with E-state index in [9.17, 15) is 4.79 Å². The van der Waals surface area contributed by atoms with Crippen molar-refractivity contribution < 1.29 is 4.79 Å². The molecule has 0 saturated carbocycles. The van der Waals surface area contributed by atoms with E-state index in [0.29, 0.717) is 17.7 Å². The second-order valence-electron chi connectivity index (χ2n) is 3.80. The highest BCUT2D eigenvalue weighted by Crippen LogP contribution is 2.15. The topological polar surface area (TPSA) is 55.1 Å². The number of amides is 1. The number of hydrogen-bond donors (Lipinski definition) is 2. The number of carbonyl (C=O) groups excluding carboxylic acids is 1. The molecule has 16 heavy (non-hydrogen) atoms. The number of carbonyl (C=O) groups is 1. The Bertz CT molecular complexity index is 432. The molecule has 0 spiro atoms. The quantitative estimate of drug-likeness (QED) is 0.597. The smallest absolute Gasteiger partial charge is 0.251 e. The highest BCUT2D eigenvalue weighted by molar-refractivity contribution is 5.97. The molecule has 1 aromatic carbocycles. The van der Waals surface area contributed by atoms with E-state index in [1.165, 1.54) is 0 Å². The minimum atomic E-state index is -0.132. The Balaban J connectivity index is 2.82. The Hall–Kier alpha value is -1.95. The molecule has 84 valence electrons. The molecule has 0 heterocycles. The molecule has 1 unspecified atom stereocenters. The van der Waals surface area contributed by atoms with Crippen LogP contribution in [0.1, 0.15) is 29.3 Å². The van der Waals surface area contributed by atoms with Crippen molar-refractivity contribution in [1.29, 1.82) is 0 Å². The largest absolute Gasteiger partial charge is 0.398 e. The minimum absolute atomic E-state index is 0.0293. The lowest BCUT2D eigenvalue weighted by atomic mass is 10.1. The number of anilines is 1. The summed E-state index contributed by atoms with van der Waals surface area (Å²) in [5.74, 6) is 2.38. The molecule has 0 radical (unpaired) electrons. The Morgan fingerprint density at radius 1 is 1.62 bits per heavy atom. The van der Waals surface area contributed by atoms with Crippen LogP contribution in [0.15, 0.2) is 18.2 Å². The van der Waals surface area contributed by atoms with E-state index in [-0.39, 0.29) is 11.9 Å². The Kier molecular flexibility index (Phi) is 3.96. The maximum atomic E-state index is 11.9. The lowest BCUT2D eigenvalue weighted by molar-refractivity contribution is 0.0940. The molecule has 0 bridgehead atoms. The lowest BCUT2D eigenvalue weighted by Crippen LogP contribution is -2.32. The summed E-state index contributed by atoms with van der Waals surface area (Å²) in [5.41, 5.74) is 7.76. The third kappa shape index (κ3) is 2.77. The summed E-state index contributed by atoms with van der Waals surface area (Å²) >= 11 is 0. The first kappa shape index (κ1) is 12.1. The van der Waals surface area contributed by atoms with Gasteiger partial charge in [0.25, 0.3) is 5.91 Å². The third-order valence-electron chi connectivity index (χ3n) is 2.42. The number of rotatable bonds is 3. The number of nitrogens with one attached hydrogen (secondary N) is 1. The maximum absolute atomic E-state index is 11.9. The van der Waals surface area contributed by atoms with Crippen LogP contribution >= 0.6 is 0 Å². The molecule has 0 aliphatic carbocycles. The van der Waals surface area contributed by atoms with E-state index in [1.807, 2.05) is 13.8 Å². The fourth-order valence-corrected chi connectivity index (χ4v) is 1.43. The highest BCUT2D eigenvalue weighted by Gasteiger charge is 2.12. The summed E-state index contributed by atoms with van der Waals surface area (Å²) in [6.45, 7) is 3.70. The van der Waals surface area contributed by atoms with Crippen molar-refractivity contribution in [3.8, 4) is 12.3 Å². The Morgan fingerprint density at radius 2 is 2.31 bits per heavy atom. The summed E-state index contributed by atoms with van der Waals surface area (Å²) in [5, 5.41) is 2.83. The molecule has 3 nitrogen and oxygen atoms in total. The first-order valence-electron chi connectivity index (χ1n) is 5.15. The molecule has 0 fully saturated rings. The number of terminal acetylenes is 1. The van der Waals surface area contributed by atoms with Gasteiger partial charge < -0.3 is 11.1 Å². The standard InChI is InChI=1S/C13H16N2O/c1-4-6-9(2)15-13(16)11-7-5-8-12(14)10(11)3/h1,5,7-9H,6,14H2,2-3H3,(H,15,16). The van der Waals surface area contributed by atoms with Gasteiger partial charge in [0.05, 0.1) is 0 Å². The summed E-state index contributed by atoms with van der Waals surface area (Å²) in [7, 11) is 0. The molecular weight excluding hydrogens is 200 g/mol. The van der Waals surface area contributed by atoms with Gasteiger partial charge in [0.1, 0.15) is 0 Å². The van der Waals surface area contributed by atoms with Crippen molar-refractivity contribution in [1.82, 2.24) is 5.32 Å². The van der Waals surface area contributed by atoms with Crippen LogP contribution in [0.5, 0.6) is 0 Å². The zero-order valence-electron chi connectivity index (χ0n) is 9.58. The third-order valence-corrected chi connectivity index (χ3v) is 2.42. The van der Waals surface area contributed by atoms with Crippen molar-refractivity contribution in [3.05, 3.63) is 29.3 Å². The van der Waals surface area contributed by atoms with E-state index in [1.54, 1.807) is 18.2 Å². The molecule has 1 aromatic rings. The maximum Gasteiger partial charge on any atom is 0.251 e. The van der Waals surface area contributed by atoms with Gasteiger partial charge in [0, 0.05) is 23.7 Å². The number of hydrogen-bond acceptors (Lipinski definition) is 2. The van der Waals surface area contributed by atoms with Crippen LogP contribution in [0.3, 0.4) is 0 Å². The van der Waals surface area contributed by atoms with Gasteiger partial charge in [-0.25, -0.2) is 0 Å². The van der Waals surface area contributed by atoms with Crippen molar-refractivity contribution in [2.75, 3.05) is 5.73 Å². The van der Waals surface area contributed by atoms with Crippen LogP contribution in [0.2, 0.25) is 0 Å². The molecule has 1 atom stereocenters. The SMILES string of the molecule is C#CCC(C)NC(=O)c1cccc(N)c1C. The van der Waals surface area contributed by atoms with E-state index in [4.69, 9.17) is 12.2 Å². The van der Waals surface area contributed by atoms with E-state index < -0.39 is 0 Å². The molecule has 1 rings (SSSR count). The van der Waals surface area contributed by atoms with Gasteiger partial charge in [0.2, 0.25) is 0 Å². The molecule has 0 aromatic heterocycles. The fraction of sp³-hybridized carbons (Fsp3) is 0.308. The van der Waals surface area contributed by atoms with Gasteiger partial charge in [-0.3, -0.25) is 4.79 Å². The molecule has 3 N–H and O–H groups in total. The van der Waals surface area contributed by atoms with Crippen LogP contribution in [-0.2, 0) is 0 Å².